The average Bonchev–Trinajstić information content (AvgIpc) is 3.88. The van der Waals surface area contributed by atoms with Gasteiger partial charge in [-0.25, -0.2) is 5.84 Å². The molecule has 1 heterocycles. The number of amides is 3. The fraction of sp³-hybridized carbons (Fsp3) is 0.222. The smallest absolute Gasteiger partial charge is 0.416 e. The van der Waals surface area contributed by atoms with Crippen molar-refractivity contribution in [1.29, 1.82) is 0 Å². The lowest BCUT2D eigenvalue weighted by molar-refractivity contribution is -0.138. The van der Waals surface area contributed by atoms with Crippen LogP contribution in [0.4, 0.5) is 39.5 Å². The number of aryl methyl sites for hydroxylation is 1. The van der Waals surface area contributed by atoms with E-state index in [-0.39, 0.29) is 18.7 Å². The van der Waals surface area contributed by atoms with Crippen molar-refractivity contribution < 1.29 is 68.2 Å². The van der Waals surface area contributed by atoms with E-state index in [1.54, 1.807) is 62.4 Å². The molecule has 7 rings (SSSR count). The Balaban J connectivity index is 0.000000233. The number of nitrogens with two attached hydrogens (primary N) is 1. The number of carboxylic acids is 1. The summed E-state index contributed by atoms with van der Waals surface area (Å²) < 4.78 is 119. The highest BCUT2D eigenvalue weighted by Crippen LogP contribution is 2.32. The standard InChI is InChI=1S/C18H17F3N2O2.C18H15F3N2O.C15H13F3N2O.C3H6O2/c1-2-16(24)22-23-17(25)15-6-4-3-5-13(15)11-12-7-9-14(10-8-12)18(19,20)21;1-2-16-22-23-17(24-16)15-6-4-3-5-13(15)11-12-7-9-14(10-8-12)18(19,20)21;16-15(17,18)12-7-5-10(6-8-12)9-11-3-1-2-4-13(11)14(21)20-19;1-2-3(4)5/h3-10H,2,11H2,1H3,(H,22,24)(H,23,25);3-10H,2,11H2,1H3;1-8H,9,19H2,(H,20,21);2H2,1H3,(H,4,5). The van der Waals surface area contributed by atoms with Gasteiger partial charge in [0.05, 0.1) is 16.7 Å². The van der Waals surface area contributed by atoms with Crippen LogP contribution in [0.15, 0.2) is 150 Å². The van der Waals surface area contributed by atoms with E-state index < -0.39 is 53.0 Å². The number of hydrogen-bond acceptors (Lipinski definition) is 8. The topological polar surface area (TPSA) is 190 Å². The van der Waals surface area contributed by atoms with E-state index >= 15 is 0 Å². The zero-order chi connectivity index (χ0) is 55.3. The number of hydrogen-bond donors (Lipinski definition) is 5. The van der Waals surface area contributed by atoms with Crippen molar-refractivity contribution in [2.45, 2.75) is 77.8 Å². The van der Waals surface area contributed by atoms with Gasteiger partial charge in [-0.1, -0.05) is 112 Å². The lowest BCUT2D eigenvalue weighted by Gasteiger charge is -2.12. The van der Waals surface area contributed by atoms with Gasteiger partial charge in [-0.05, 0) is 107 Å². The number of halogens is 9. The first-order valence-electron chi connectivity index (χ1n) is 22.8. The normalized spacial score (nSPS) is 11.1. The molecule has 7 aromatic rings. The SMILES string of the molecule is CCC(=O)NNC(=O)c1ccccc1Cc1ccc(C(F)(F)F)cc1.CCC(=O)O.CCc1nnc(-c2ccccc2Cc2ccc(C(F)(F)F)cc2)o1.NNC(=O)c1ccccc1Cc1ccc(C(F)(F)F)cc1. The second kappa shape index (κ2) is 27.6. The molecule has 0 saturated heterocycles. The Morgan fingerprint density at radius 2 is 0.880 bits per heavy atom. The maximum atomic E-state index is 12.6. The number of hydrazine groups is 2. The summed E-state index contributed by atoms with van der Waals surface area (Å²) in [7, 11) is 0. The number of rotatable bonds is 12. The summed E-state index contributed by atoms with van der Waals surface area (Å²) in [6, 6.07) is 35.9. The van der Waals surface area contributed by atoms with Crippen LogP contribution in [0.2, 0.25) is 0 Å². The van der Waals surface area contributed by atoms with Gasteiger partial charge in [-0.3, -0.25) is 35.5 Å². The zero-order valence-electron chi connectivity index (χ0n) is 40.5. The molecule has 0 bridgehead atoms. The largest absolute Gasteiger partial charge is 0.481 e. The third-order valence-electron chi connectivity index (χ3n) is 10.6. The molecule has 396 valence electrons. The number of carbonyl (C=O) groups is 4. The molecule has 0 atom stereocenters. The lowest BCUT2D eigenvalue weighted by Crippen LogP contribution is -2.41. The van der Waals surface area contributed by atoms with E-state index in [9.17, 15) is 58.7 Å². The third kappa shape index (κ3) is 18.9. The van der Waals surface area contributed by atoms with Crippen LogP contribution in [0.1, 0.15) is 110 Å². The first-order valence-corrected chi connectivity index (χ1v) is 22.8. The molecule has 12 nitrogen and oxygen atoms in total. The fourth-order valence-electron chi connectivity index (χ4n) is 6.63. The quantitative estimate of drug-likeness (QED) is 0.0343. The summed E-state index contributed by atoms with van der Waals surface area (Å²) in [5.74, 6) is 4.10. The number of alkyl halides is 9. The van der Waals surface area contributed by atoms with Crippen LogP contribution in [-0.2, 0) is 53.8 Å². The van der Waals surface area contributed by atoms with Gasteiger partial charge in [0.15, 0.2) is 0 Å². The van der Waals surface area contributed by atoms with Gasteiger partial charge >= 0.3 is 24.5 Å². The molecule has 0 unspecified atom stereocenters. The number of aromatic nitrogens is 2. The molecule has 0 aliphatic rings. The van der Waals surface area contributed by atoms with Crippen LogP contribution in [-0.4, -0.2) is 39.0 Å². The van der Waals surface area contributed by atoms with Gasteiger partial charge in [-0.15, -0.1) is 10.2 Å². The van der Waals surface area contributed by atoms with Crippen molar-refractivity contribution in [3.8, 4) is 11.5 Å². The summed E-state index contributed by atoms with van der Waals surface area (Å²) in [5, 5.41) is 15.7. The van der Waals surface area contributed by atoms with E-state index in [0.717, 1.165) is 53.1 Å². The number of carbonyl (C=O) groups excluding carboxylic acids is 3. The summed E-state index contributed by atoms with van der Waals surface area (Å²) in [6.07, 6.45) is -10.8. The maximum Gasteiger partial charge on any atom is 0.416 e. The van der Waals surface area contributed by atoms with Crippen molar-refractivity contribution in [1.82, 2.24) is 26.5 Å². The Labute approximate surface area is 425 Å². The van der Waals surface area contributed by atoms with E-state index in [1.165, 1.54) is 36.4 Å². The summed E-state index contributed by atoms with van der Waals surface area (Å²) in [5.41, 5.74) is 10.5. The molecular formula is C54H51F9N6O6. The molecule has 3 amide bonds. The zero-order valence-corrected chi connectivity index (χ0v) is 40.5. The van der Waals surface area contributed by atoms with Gasteiger partial charge in [0, 0.05) is 36.0 Å². The lowest BCUT2D eigenvalue weighted by atomic mass is 9.98. The third-order valence-corrected chi connectivity index (χ3v) is 10.6. The monoisotopic (exact) mass is 1050 g/mol. The first-order chi connectivity index (χ1) is 35.5. The van der Waals surface area contributed by atoms with Crippen molar-refractivity contribution >= 4 is 23.7 Å². The van der Waals surface area contributed by atoms with Gasteiger partial charge in [-0.2, -0.15) is 39.5 Å². The predicted octanol–water partition coefficient (Wildman–Crippen LogP) is 11.8. The van der Waals surface area contributed by atoms with E-state index in [1.807, 2.05) is 36.6 Å². The molecule has 1 aromatic heterocycles. The Hall–Kier alpha value is -8.33. The molecule has 6 N–H and O–H groups in total. The van der Waals surface area contributed by atoms with Crippen LogP contribution in [0.25, 0.3) is 11.5 Å². The second-order valence-corrected chi connectivity index (χ2v) is 16.0. The Morgan fingerprint density at radius 3 is 1.24 bits per heavy atom. The molecule has 75 heavy (non-hydrogen) atoms. The summed E-state index contributed by atoms with van der Waals surface area (Å²) >= 11 is 0. The van der Waals surface area contributed by atoms with Crippen LogP contribution in [0.5, 0.6) is 0 Å². The van der Waals surface area contributed by atoms with Crippen molar-refractivity contribution in [2.24, 2.45) is 5.84 Å². The minimum Gasteiger partial charge on any atom is -0.481 e. The van der Waals surface area contributed by atoms with E-state index in [0.29, 0.717) is 70.8 Å². The first kappa shape index (κ1) is 59.2. The molecule has 0 radical (unpaired) electrons. The van der Waals surface area contributed by atoms with Crippen LogP contribution in [0.3, 0.4) is 0 Å². The summed E-state index contributed by atoms with van der Waals surface area (Å²) in [4.78, 5) is 44.4. The Bertz CT molecular complexity index is 2960. The highest BCUT2D eigenvalue weighted by molar-refractivity contribution is 5.97. The predicted molar refractivity (Wildman–Crippen MR) is 260 cm³/mol. The second-order valence-electron chi connectivity index (χ2n) is 16.0. The highest BCUT2D eigenvalue weighted by atomic mass is 19.4. The molecule has 0 aliphatic carbocycles. The molecule has 21 heteroatoms. The highest BCUT2D eigenvalue weighted by Gasteiger charge is 2.32. The van der Waals surface area contributed by atoms with E-state index in [4.69, 9.17) is 15.4 Å². The van der Waals surface area contributed by atoms with Gasteiger partial charge < -0.3 is 9.52 Å². The minimum absolute atomic E-state index is 0.222. The Kier molecular flexibility index (Phi) is 21.8. The van der Waals surface area contributed by atoms with Crippen LogP contribution >= 0.6 is 0 Å². The van der Waals surface area contributed by atoms with Crippen molar-refractivity contribution in [3.05, 3.63) is 213 Å². The number of nitrogen functional groups attached to an aromatic ring is 1. The maximum absolute atomic E-state index is 12.6. The number of carboxylic acid groups (broad SMARTS) is 1. The molecule has 0 spiro atoms. The Morgan fingerprint density at radius 1 is 0.507 bits per heavy atom. The number of aliphatic carboxylic acids is 1. The number of nitrogens with one attached hydrogen (secondary N) is 3. The number of nitrogens with zero attached hydrogens (tertiary/aromatic N) is 2. The molecule has 0 fully saturated rings. The molecular weight excluding hydrogens is 1000 g/mol. The minimum atomic E-state index is -4.38. The van der Waals surface area contributed by atoms with Crippen molar-refractivity contribution in [3.63, 3.8) is 0 Å². The van der Waals surface area contributed by atoms with Crippen LogP contribution < -0.4 is 22.1 Å². The molecule has 6 aromatic carbocycles. The average molecular weight is 1050 g/mol. The van der Waals surface area contributed by atoms with Gasteiger partial charge in [0.1, 0.15) is 0 Å². The van der Waals surface area contributed by atoms with E-state index in [2.05, 4.69) is 21.0 Å². The van der Waals surface area contributed by atoms with Crippen molar-refractivity contribution in [2.75, 3.05) is 0 Å². The van der Waals surface area contributed by atoms with Gasteiger partial charge in [0.2, 0.25) is 17.7 Å². The van der Waals surface area contributed by atoms with Crippen LogP contribution in [0, 0.1) is 0 Å². The molecule has 0 aliphatic heterocycles. The van der Waals surface area contributed by atoms with Gasteiger partial charge in [0.25, 0.3) is 11.8 Å². The molecule has 0 saturated carbocycles. The fourth-order valence-corrected chi connectivity index (χ4v) is 6.63. The number of benzene rings is 6. The summed E-state index contributed by atoms with van der Waals surface area (Å²) in [6.45, 7) is 5.17.